The molecule has 130 valence electrons. The number of hydrogen-bond acceptors (Lipinski definition) is 4. The molecule has 7 heteroatoms. The lowest BCUT2D eigenvalue weighted by Crippen LogP contribution is -2.32. The van der Waals surface area contributed by atoms with Crippen LogP contribution in [-0.4, -0.2) is 34.2 Å². The summed E-state index contributed by atoms with van der Waals surface area (Å²) in [6.07, 6.45) is 4.07. The number of rotatable bonds is 10. The molecule has 2 N–H and O–H groups in total. The number of unbranched alkanes of at least 4 members (excludes halogenated alkanes) is 1. The number of ether oxygens (including phenoxy) is 1. The number of amides is 1. The molecule has 0 aliphatic carbocycles. The highest BCUT2D eigenvalue weighted by Crippen LogP contribution is 2.22. The number of benzene rings is 1. The van der Waals surface area contributed by atoms with Gasteiger partial charge in [0, 0.05) is 13.0 Å². The number of carbonyl (C=O) groups is 1. The summed E-state index contributed by atoms with van der Waals surface area (Å²) >= 11 is 0. The number of hydrogen-bond donors (Lipinski definition) is 2. The molecule has 23 heavy (non-hydrogen) atoms. The van der Waals surface area contributed by atoms with Crippen LogP contribution in [0, 0.1) is 0 Å². The van der Waals surface area contributed by atoms with Gasteiger partial charge in [-0.05, 0) is 24.1 Å². The predicted octanol–water partition coefficient (Wildman–Crippen LogP) is 1.98. The molecule has 1 aromatic rings. The lowest BCUT2D eigenvalue weighted by atomic mass is 10.0. The van der Waals surface area contributed by atoms with E-state index in [1.54, 1.807) is 7.11 Å². The van der Waals surface area contributed by atoms with Gasteiger partial charge in [-0.25, -0.2) is 13.1 Å². The molecule has 1 amide bonds. The minimum atomic E-state index is -3.27. The van der Waals surface area contributed by atoms with Crippen molar-refractivity contribution in [3.8, 4) is 5.75 Å². The highest BCUT2D eigenvalue weighted by atomic mass is 32.2. The fraction of sp³-hybridized carbons (Fsp3) is 0.562. The summed E-state index contributed by atoms with van der Waals surface area (Å²) in [5.41, 5.74) is 1.02. The van der Waals surface area contributed by atoms with Crippen molar-refractivity contribution in [3.05, 3.63) is 29.8 Å². The molecule has 1 atom stereocenters. The maximum Gasteiger partial charge on any atom is 0.221 e. The van der Waals surface area contributed by atoms with Gasteiger partial charge in [0.1, 0.15) is 5.75 Å². The van der Waals surface area contributed by atoms with Gasteiger partial charge in [-0.3, -0.25) is 4.79 Å². The summed E-state index contributed by atoms with van der Waals surface area (Å²) in [6, 6.07) is 7.53. The van der Waals surface area contributed by atoms with Gasteiger partial charge >= 0.3 is 0 Å². The summed E-state index contributed by atoms with van der Waals surface area (Å²) in [6.45, 7) is 2.21. The second-order valence-electron chi connectivity index (χ2n) is 5.45. The summed E-state index contributed by atoms with van der Waals surface area (Å²) in [5.74, 6) is 0.602. The fourth-order valence-corrected chi connectivity index (χ4v) is 2.66. The fourth-order valence-electron chi connectivity index (χ4n) is 2.18. The van der Waals surface area contributed by atoms with Gasteiger partial charge in [-0.1, -0.05) is 31.9 Å². The van der Waals surface area contributed by atoms with Crippen LogP contribution in [0.1, 0.15) is 44.2 Å². The Balaban J connectivity index is 2.64. The van der Waals surface area contributed by atoms with Crippen molar-refractivity contribution in [2.24, 2.45) is 0 Å². The molecule has 0 spiro atoms. The predicted molar refractivity (Wildman–Crippen MR) is 90.9 cm³/mol. The van der Waals surface area contributed by atoms with E-state index in [2.05, 4.69) is 17.0 Å². The number of carbonyl (C=O) groups excluding carboxylic acids is 1. The number of sulfonamides is 1. The first-order valence-corrected chi connectivity index (χ1v) is 9.62. The van der Waals surface area contributed by atoms with E-state index in [0.29, 0.717) is 0 Å². The van der Waals surface area contributed by atoms with Gasteiger partial charge < -0.3 is 10.1 Å². The van der Waals surface area contributed by atoms with Gasteiger partial charge in [0.2, 0.25) is 15.9 Å². The second kappa shape index (κ2) is 9.52. The average Bonchev–Trinajstić information content (AvgIpc) is 2.50. The molecular formula is C16H26N2O4S. The van der Waals surface area contributed by atoms with Crippen molar-refractivity contribution in [2.75, 3.05) is 19.9 Å². The van der Waals surface area contributed by atoms with E-state index in [9.17, 15) is 13.2 Å². The molecule has 1 aromatic carbocycles. The van der Waals surface area contributed by atoms with E-state index in [0.717, 1.165) is 36.8 Å². The van der Waals surface area contributed by atoms with Crippen LogP contribution in [0.5, 0.6) is 5.75 Å². The van der Waals surface area contributed by atoms with Crippen LogP contribution in [0.3, 0.4) is 0 Å². The van der Waals surface area contributed by atoms with Crippen LogP contribution in [0.4, 0.5) is 0 Å². The molecule has 0 saturated carbocycles. The number of methoxy groups -OCH3 is 1. The van der Waals surface area contributed by atoms with E-state index >= 15 is 0 Å². The van der Waals surface area contributed by atoms with Gasteiger partial charge in [-0.15, -0.1) is 0 Å². The third-order valence-electron chi connectivity index (χ3n) is 3.42. The summed E-state index contributed by atoms with van der Waals surface area (Å²) in [4.78, 5) is 12.0. The zero-order valence-electron chi connectivity index (χ0n) is 14.0. The molecule has 0 fully saturated rings. The molecule has 0 aromatic heterocycles. The van der Waals surface area contributed by atoms with E-state index in [1.807, 2.05) is 24.3 Å². The smallest absolute Gasteiger partial charge is 0.221 e. The first-order chi connectivity index (χ1) is 10.9. The summed E-state index contributed by atoms with van der Waals surface area (Å²) in [5, 5.41) is 2.98. The zero-order valence-corrected chi connectivity index (χ0v) is 14.8. The van der Waals surface area contributed by atoms with Crippen LogP contribution < -0.4 is 14.8 Å². The Labute approximate surface area is 138 Å². The highest BCUT2D eigenvalue weighted by Gasteiger charge is 2.14. The summed E-state index contributed by atoms with van der Waals surface area (Å²) < 4.78 is 29.5. The lowest BCUT2D eigenvalue weighted by molar-refractivity contribution is -0.121. The average molecular weight is 342 g/mol. The van der Waals surface area contributed by atoms with E-state index in [-0.39, 0.29) is 24.9 Å². The first kappa shape index (κ1) is 19.4. The molecule has 0 aliphatic rings. The van der Waals surface area contributed by atoms with Crippen molar-refractivity contribution >= 4 is 15.9 Å². The molecule has 0 bridgehead atoms. The Hall–Kier alpha value is -1.60. The van der Waals surface area contributed by atoms with E-state index in [4.69, 9.17) is 4.74 Å². The van der Waals surface area contributed by atoms with E-state index in [1.165, 1.54) is 0 Å². The summed E-state index contributed by atoms with van der Waals surface area (Å²) in [7, 11) is -1.65. The molecule has 0 saturated heterocycles. The molecule has 0 aliphatic heterocycles. The Morgan fingerprint density at radius 1 is 1.26 bits per heavy atom. The third-order valence-corrected chi connectivity index (χ3v) is 4.14. The Kier molecular flexibility index (Phi) is 8.05. The minimum Gasteiger partial charge on any atom is -0.497 e. The molecule has 0 heterocycles. The molecule has 0 radical (unpaired) electrons. The minimum absolute atomic E-state index is 0.0772. The van der Waals surface area contributed by atoms with Crippen molar-refractivity contribution in [2.45, 2.75) is 38.6 Å². The van der Waals surface area contributed by atoms with Crippen LogP contribution in [0.15, 0.2) is 24.3 Å². The Morgan fingerprint density at radius 3 is 2.43 bits per heavy atom. The van der Waals surface area contributed by atoms with Crippen LogP contribution in [0.2, 0.25) is 0 Å². The third kappa shape index (κ3) is 7.99. The van der Waals surface area contributed by atoms with Crippen molar-refractivity contribution < 1.29 is 17.9 Å². The second-order valence-corrected chi connectivity index (χ2v) is 7.28. The van der Waals surface area contributed by atoms with Crippen LogP contribution >= 0.6 is 0 Å². The van der Waals surface area contributed by atoms with Crippen molar-refractivity contribution in [1.29, 1.82) is 0 Å². The zero-order chi connectivity index (χ0) is 17.3. The molecule has 0 unspecified atom stereocenters. The lowest BCUT2D eigenvalue weighted by Gasteiger charge is -2.19. The SMILES string of the molecule is CCCC[C@H](NC(=O)CCNS(C)(=O)=O)c1ccc(OC)cc1. The van der Waals surface area contributed by atoms with Gasteiger partial charge in [-0.2, -0.15) is 0 Å². The maximum atomic E-state index is 12.0. The quantitative estimate of drug-likeness (QED) is 0.681. The molecular weight excluding hydrogens is 316 g/mol. The van der Waals surface area contributed by atoms with Crippen LogP contribution in [0.25, 0.3) is 0 Å². The first-order valence-electron chi connectivity index (χ1n) is 7.73. The Bertz CT molecular complexity index is 585. The Morgan fingerprint density at radius 2 is 1.91 bits per heavy atom. The number of nitrogens with one attached hydrogen (secondary N) is 2. The van der Waals surface area contributed by atoms with Crippen molar-refractivity contribution in [3.63, 3.8) is 0 Å². The standard InChI is InChI=1S/C16H26N2O4S/c1-4-5-6-15(13-7-9-14(22-2)10-8-13)18-16(19)11-12-17-23(3,20)21/h7-10,15,17H,4-6,11-12H2,1-3H3,(H,18,19)/t15-/m0/s1. The largest absolute Gasteiger partial charge is 0.497 e. The normalized spacial score (nSPS) is 12.7. The molecule has 6 nitrogen and oxygen atoms in total. The van der Waals surface area contributed by atoms with Gasteiger partial charge in [0.05, 0.1) is 19.4 Å². The van der Waals surface area contributed by atoms with Crippen molar-refractivity contribution in [1.82, 2.24) is 10.0 Å². The van der Waals surface area contributed by atoms with Gasteiger partial charge in [0.15, 0.2) is 0 Å². The monoisotopic (exact) mass is 342 g/mol. The highest BCUT2D eigenvalue weighted by molar-refractivity contribution is 7.88. The van der Waals surface area contributed by atoms with Crippen LogP contribution in [-0.2, 0) is 14.8 Å². The van der Waals surface area contributed by atoms with E-state index < -0.39 is 10.0 Å². The molecule has 1 rings (SSSR count). The topological polar surface area (TPSA) is 84.5 Å². The van der Waals surface area contributed by atoms with Gasteiger partial charge in [0.25, 0.3) is 0 Å². The maximum absolute atomic E-state index is 12.0.